The lowest BCUT2D eigenvalue weighted by Gasteiger charge is -2.36. The first-order valence-electron chi connectivity index (χ1n) is 6.81. The number of rotatable bonds is 7. The van der Waals surface area contributed by atoms with Crippen LogP contribution in [0.1, 0.15) is 53.9 Å². The molecule has 2 N–H and O–H groups in total. The van der Waals surface area contributed by atoms with Crippen LogP contribution in [0.5, 0.6) is 0 Å². The van der Waals surface area contributed by atoms with Gasteiger partial charge in [-0.3, -0.25) is 4.79 Å². The summed E-state index contributed by atoms with van der Waals surface area (Å²) in [4.78, 5) is 14.4. The quantitative estimate of drug-likeness (QED) is 0.746. The van der Waals surface area contributed by atoms with Gasteiger partial charge < -0.3 is 10.6 Å². The molecule has 0 aromatic rings. The molecule has 0 bridgehead atoms. The van der Waals surface area contributed by atoms with Crippen LogP contribution in [0.25, 0.3) is 0 Å². The van der Waals surface area contributed by atoms with E-state index in [-0.39, 0.29) is 17.4 Å². The van der Waals surface area contributed by atoms with Crippen LogP contribution in [0.3, 0.4) is 0 Å². The average Bonchev–Trinajstić information content (AvgIpc) is 2.30. The summed E-state index contributed by atoms with van der Waals surface area (Å²) < 4.78 is 0. The smallest absolute Gasteiger partial charge is 0.230 e. The second-order valence-corrected chi connectivity index (χ2v) is 5.59. The number of carbonyl (C=O) groups excluding carboxylic acids is 1. The molecule has 1 amide bonds. The molecule has 0 aliphatic rings. The molecule has 0 rings (SSSR count). The molecule has 3 heteroatoms. The lowest BCUT2D eigenvalue weighted by molar-refractivity contribution is -0.143. The Bertz CT molecular complexity index is 226. The largest absolute Gasteiger partial charge is 0.343 e. The van der Waals surface area contributed by atoms with Crippen molar-refractivity contribution in [2.45, 2.75) is 59.9 Å². The van der Waals surface area contributed by atoms with Crippen LogP contribution in [-0.4, -0.2) is 30.4 Å². The molecule has 3 nitrogen and oxygen atoms in total. The standard InChI is InChI=1S/C14H30N2O/c1-7-14(8-2,10-15)13(17)16(6)12(5)9-11(3)4/h11-12H,7-10,15H2,1-6H3. The Hall–Kier alpha value is -0.570. The number of nitrogens with zero attached hydrogens (tertiary/aromatic N) is 1. The van der Waals surface area contributed by atoms with Crippen LogP contribution in [0.2, 0.25) is 0 Å². The monoisotopic (exact) mass is 242 g/mol. The maximum Gasteiger partial charge on any atom is 0.230 e. The first-order chi connectivity index (χ1) is 7.84. The normalized spacial score (nSPS) is 13.9. The topological polar surface area (TPSA) is 46.3 Å². The lowest BCUT2D eigenvalue weighted by atomic mass is 9.80. The second kappa shape index (κ2) is 7.00. The molecular formula is C14H30N2O. The van der Waals surface area contributed by atoms with Gasteiger partial charge in [-0.15, -0.1) is 0 Å². The van der Waals surface area contributed by atoms with E-state index in [1.54, 1.807) is 0 Å². The highest BCUT2D eigenvalue weighted by Gasteiger charge is 2.36. The Kier molecular flexibility index (Phi) is 6.76. The van der Waals surface area contributed by atoms with Crippen LogP contribution < -0.4 is 5.73 Å². The van der Waals surface area contributed by atoms with E-state index in [9.17, 15) is 4.79 Å². The Morgan fingerprint density at radius 1 is 1.24 bits per heavy atom. The van der Waals surface area contributed by atoms with Gasteiger partial charge in [0.15, 0.2) is 0 Å². The van der Waals surface area contributed by atoms with Crippen molar-refractivity contribution in [1.29, 1.82) is 0 Å². The molecule has 0 fully saturated rings. The summed E-state index contributed by atoms with van der Waals surface area (Å²) >= 11 is 0. The molecule has 0 aliphatic carbocycles. The number of carbonyl (C=O) groups is 1. The minimum Gasteiger partial charge on any atom is -0.343 e. The number of hydrogen-bond acceptors (Lipinski definition) is 2. The fourth-order valence-electron chi connectivity index (χ4n) is 2.34. The van der Waals surface area contributed by atoms with Gasteiger partial charge in [-0.1, -0.05) is 27.7 Å². The van der Waals surface area contributed by atoms with Crippen LogP contribution in [0.4, 0.5) is 0 Å². The minimum atomic E-state index is -0.361. The first kappa shape index (κ1) is 16.4. The summed E-state index contributed by atoms with van der Waals surface area (Å²) in [6.45, 7) is 11.0. The highest BCUT2D eigenvalue weighted by atomic mass is 16.2. The molecule has 0 saturated carbocycles. The summed E-state index contributed by atoms with van der Waals surface area (Å²) in [5.74, 6) is 0.814. The average molecular weight is 242 g/mol. The number of nitrogens with two attached hydrogens (primary N) is 1. The maximum absolute atomic E-state index is 12.5. The van der Waals surface area contributed by atoms with Gasteiger partial charge in [-0.2, -0.15) is 0 Å². The molecule has 102 valence electrons. The van der Waals surface area contributed by atoms with Crippen LogP contribution in [0, 0.1) is 11.3 Å². The SMILES string of the molecule is CCC(CC)(CN)C(=O)N(C)C(C)CC(C)C. The Morgan fingerprint density at radius 2 is 1.71 bits per heavy atom. The Labute approximate surface area is 107 Å². The molecular weight excluding hydrogens is 212 g/mol. The summed E-state index contributed by atoms with van der Waals surface area (Å²) in [6.07, 6.45) is 2.67. The first-order valence-corrected chi connectivity index (χ1v) is 6.81. The maximum atomic E-state index is 12.5. The van der Waals surface area contributed by atoms with Crippen molar-refractivity contribution in [3.8, 4) is 0 Å². The molecule has 0 spiro atoms. The van der Waals surface area contributed by atoms with Crippen molar-refractivity contribution in [1.82, 2.24) is 4.90 Å². The van der Waals surface area contributed by atoms with Gasteiger partial charge in [-0.25, -0.2) is 0 Å². The van der Waals surface area contributed by atoms with Gasteiger partial charge in [-0.05, 0) is 32.1 Å². The van der Waals surface area contributed by atoms with Gasteiger partial charge in [0.1, 0.15) is 0 Å². The van der Waals surface area contributed by atoms with Crippen LogP contribution in [-0.2, 0) is 4.79 Å². The molecule has 17 heavy (non-hydrogen) atoms. The molecule has 1 unspecified atom stereocenters. The summed E-state index contributed by atoms with van der Waals surface area (Å²) in [6, 6.07) is 0.284. The zero-order valence-electron chi connectivity index (χ0n) is 12.4. The van der Waals surface area contributed by atoms with Crippen molar-refractivity contribution in [3.05, 3.63) is 0 Å². The van der Waals surface area contributed by atoms with Crippen LogP contribution >= 0.6 is 0 Å². The Morgan fingerprint density at radius 3 is 2.00 bits per heavy atom. The van der Waals surface area contributed by atoms with E-state index in [0.717, 1.165) is 19.3 Å². The highest BCUT2D eigenvalue weighted by molar-refractivity contribution is 5.83. The van der Waals surface area contributed by atoms with Crippen LogP contribution in [0.15, 0.2) is 0 Å². The molecule has 0 saturated heterocycles. The van der Waals surface area contributed by atoms with Crippen molar-refractivity contribution in [3.63, 3.8) is 0 Å². The second-order valence-electron chi connectivity index (χ2n) is 5.59. The van der Waals surface area contributed by atoms with Crippen molar-refractivity contribution in [2.24, 2.45) is 17.1 Å². The number of amides is 1. The van der Waals surface area contributed by atoms with Gasteiger partial charge in [0.2, 0.25) is 5.91 Å². The van der Waals surface area contributed by atoms with Gasteiger partial charge in [0.25, 0.3) is 0 Å². The van der Waals surface area contributed by atoms with E-state index in [4.69, 9.17) is 5.73 Å². The third-order valence-corrected chi connectivity index (χ3v) is 3.99. The van der Waals surface area contributed by atoms with E-state index < -0.39 is 0 Å². The van der Waals surface area contributed by atoms with E-state index in [0.29, 0.717) is 12.5 Å². The molecule has 0 radical (unpaired) electrons. The number of hydrogen-bond donors (Lipinski definition) is 1. The Balaban J connectivity index is 4.77. The van der Waals surface area contributed by atoms with Crippen molar-refractivity contribution in [2.75, 3.05) is 13.6 Å². The predicted molar refractivity (Wildman–Crippen MR) is 73.8 cm³/mol. The third kappa shape index (κ3) is 3.98. The third-order valence-electron chi connectivity index (χ3n) is 3.99. The van der Waals surface area contributed by atoms with Gasteiger partial charge in [0.05, 0.1) is 5.41 Å². The predicted octanol–water partition coefficient (Wildman–Crippen LogP) is 2.64. The molecule has 0 aromatic heterocycles. The fraction of sp³-hybridized carbons (Fsp3) is 0.929. The molecule has 0 aliphatic heterocycles. The summed E-state index contributed by atoms with van der Waals surface area (Å²) in [7, 11) is 1.91. The zero-order valence-corrected chi connectivity index (χ0v) is 12.4. The van der Waals surface area contributed by atoms with E-state index in [2.05, 4.69) is 34.6 Å². The minimum absolute atomic E-state index is 0.207. The van der Waals surface area contributed by atoms with E-state index in [1.165, 1.54) is 0 Å². The summed E-state index contributed by atoms with van der Waals surface area (Å²) in [5.41, 5.74) is 5.46. The van der Waals surface area contributed by atoms with Gasteiger partial charge >= 0.3 is 0 Å². The van der Waals surface area contributed by atoms with E-state index >= 15 is 0 Å². The fourth-order valence-corrected chi connectivity index (χ4v) is 2.34. The highest BCUT2D eigenvalue weighted by Crippen LogP contribution is 2.28. The van der Waals surface area contributed by atoms with Gasteiger partial charge in [0, 0.05) is 19.6 Å². The zero-order chi connectivity index (χ0) is 13.6. The molecule has 0 aromatic carbocycles. The lowest BCUT2D eigenvalue weighted by Crippen LogP contribution is -2.49. The van der Waals surface area contributed by atoms with E-state index in [1.807, 2.05) is 11.9 Å². The molecule has 1 atom stereocenters. The summed E-state index contributed by atoms with van der Waals surface area (Å²) in [5, 5.41) is 0. The van der Waals surface area contributed by atoms with Crippen molar-refractivity contribution >= 4 is 5.91 Å². The van der Waals surface area contributed by atoms with Crippen molar-refractivity contribution < 1.29 is 4.79 Å². The molecule has 0 heterocycles.